The van der Waals surface area contributed by atoms with Gasteiger partial charge in [-0.3, -0.25) is 0 Å². The molecule has 0 bridgehead atoms. The van der Waals surface area contributed by atoms with Crippen molar-refractivity contribution in [1.29, 1.82) is 0 Å². The number of hydrogen-bond acceptors (Lipinski definition) is 8. The van der Waals surface area contributed by atoms with Gasteiger partial charge in [-0.25, -0.2) is 13.9 Å². The summed E-state index contributed by atoms with van der Waals surface area (Å²) in [5.41, 5.74) is 3.09. The molecule has 0 amide bonds. The van der Waals surface area contributed by atoms with Crippen LogP contribution in [-0.2, 0) is 22.7 Å². The summed E-state index contributed by atoms with van der Waals surface area (Å²) in [5, 5.41) is 8.54. The molecule has 41 heavy (non-hydrogen) atoms. The Balaban J connectivity index is 1.50. The number of carbonyl (C=O) groups excluding carboxylic acids is 1. The van der Waals surface area contributed by atoms with Crippen LogP contribution in [0.15, 0.2) is 89.2 Å². The first-order valence-electron chi connectivity index (χ1n) is 13.4. The Labute approximate surface area is 242 Å². The van der Waals surface area contributed by atoms with Crippen molar-refractivity contribution in [3.63, 3.8) is 0 Å². The van der Waals surface area contributed by atoms with Gasteiger partial charge in [0.25, 0.3) is 0 Å². The average molecular weight is 575 g/mol. The summed E-state index contributed by atoms with van der Waals surface area (Å²) in [7, 11) is 0. The highest BCUT2D eigenvalue weighted by Crippen LogP contribution is 2.40. The molecule has 1 unspecified atom stereocenters. The van der Waals surface area contributed by atoms with Gasteiger partial charge in [-0.2, -0.15) is 4.98 Å². The normalized spacial score (nSPS) is 14.3. The number of thioether (sulfide) groups is 1. The van der Waals surface area contributed by atoms with Crippen molar-refractivity contribution in [3.8, 4) is 11.5 Å². The number of fused-ring (bicyclic) bond motifs is 1. The quantitative estimate of drug-likeness (QED) is 0.160. The zero-order valence-corrected chi connectivity index (χ0v) is 23.9. The van der Waals surface area contributed by atoms with E-state index in [0.717, 1.165) is 16.9 Å². The number of allylic oxidation sites excluding steroid dienone is 1. The Hall–Kier alpha value is -4.31. The van der Waals surface area contributed by atoms with E-state index in [9.17, 15) is 9.18 Å². The highest BCUT2D eigenvalue weighted by molar-refractivity contribution is 7.99. The molecule has 1 atom stereocenters. The van der Waals surface area contributed by atoms with Gasteiger partial charge in [0.1, 0.15) is 25.1 Å². The van der Waals surface area contributed by atoms with Crippen LogP contribution in [0.5, 0.6) is 11.5 Å². The number of hydrogen-bond donors (Lipinski definition) is 1. The lowest BCUT2D eigenvalue weighted by Crippen LogP contribution is -2.29. The highest BCUT2D eigenvalue weighted by atomic mass is 32.2. The Morgan fingerprint density at radius 2 is 1.78 bits per heavy atom. The summed E-state index contributed by atoms with van der Waals surface area (Å²) in [4.78, 5) is 18.2. The number of esters is 1. The van der Waals surface area contributed by atoms with Gasteiger partial charge in [0.15, 0.2) is 11.5 Å². The van der Waals surface area contributed by atoms with E-state index in [1.165, 1.54) is 17.8 Å². The zero-order valence-electron chi connectivity index (χ0n) is 23.1. The first kappa shape index (κ1) is 28.2. The Morgan fingerprint density at radius 1 is 1.00 bits per heavy atom. The Bertz CT molecular complexity index is 1560. The van der Waals surface area contributed by atoms with Gasteiger partial charge in [0.2, 0.25) is 11.1 Å². The second-order valence-corrected chi connectivity index (χ2v) is 10.5. The molecule has 4 aromatic rings. The summed E-state index contributed by atoms with van der Waals surface area (Å²) in [6.07, 6.45) is 0. The highest BCUT2D eigenvalue weighted by Gasteiger charge is 2.36. The molecular formula is C31H31FN4O4S. The van der Waals surface area contributed by atoms with Crippen LogP contribution >= 0.6 is 11.8 Å². The molecule has 8 nitrogen and oxygen atoms in total. The molecule has 0 spiro atoms. The minimum Gasteiger partial charge on any atom is -0.490 e. The number of aromatic nitrogens is 3. The molecule has 0 saturated heterocycles. The molecule has 0 saturated carbocycles. The van der Waals surface area contributed by atoms with Gasteiger partial charge < -0.3 is 19.5 Å². The first-order chi connectivity index (χ1) is 20.0. The van der Waals surface area contributed by atoms with Crippen molar-refractivity contribution in [2.75, 3.05) is 17.7 Å². The summed E-state index contributed by atoms with van der Waals surface area (Å²) in [5.74, 6) is 1.46. The fourth-order valence-electron chi connectivity index (χ4n) is 4.55. The Kier molecular flexibility index (Phi) is 8.88. The van der Waals surface area contributed by atoms with Gasteiger partial charge in [-0.1, -0.05) is 73.3 Å². The standard InChI is InChI=1S/C31H31FN4O4S/c1-4-38-26-17-22(15-16-25(26)39-19-23-13-9-10-14-24(23)32)28-27(29(37)40-18-21-11-7-6-8-12-21)20(3)33-30-34-31(41-5-2)35-36(28)30/h6-17,28H,4-5,18-19H2,1-3H3,(H,33,34,35). The predicted octanol–water partition coefficient (Wildman–Crippen LogP) is 6.54. The maximum absolute atomic E-state index is 14.2. The van der Waals surface area contributed by atoms with E-state index in [-0.39, 0.29) is 19.0 Å². The number of halogens is 1. The van der Waals surface area contributed by atoms with Crippen molar-refractivity contribution in [1.82, 2.24) is 14.8 Å². The number of nitrogens with one attached hydrogen (secondary N) is 1. The molecule has 0 aliphatic carbocycles. The van der Waals surface area contributed by atoms with Crippen LogP contribution in [0.3, 0.4) is 0 Å². The number of ether oxygens (including phenoxy) is 3. The summed E-state index contributed by atoms with van der Waals surface area (Å²) < 4.78 is 33.6. The SMILES string of the molecule is CCOc1cc(C2C(C(=O)OCc3ccccc3)=C(C)Nc3nc(SCC)nn32)ccc1OCc1ccccc1F. The van der Waals surface area contributed by atoms with Gasteiger partial charge in [0, 0.05) is 11.3 Å². The van der Waals surface area contributed by atoms with Crippen LogP contribution in [0.25, 0.3) is 0 Å². The number of nitrogens with zero attached hydrogens (tertiary/aromatic N) is 3. The van der Waals surface area contributed by atoms with Crippen LogP contribution < -0.4 is 14.8 Å². The topological polar surface area (TPSA) is 87.5 Å². The monoisotopic (exact) mass is 574 g/mol. The maximum atomic E-state index is 14.2. The number of rotatable bonds is 11. The summed E-state index contributed by atoms with van der Waals surface area (Å²) in [6, 6.07) is 20.8. The molecule has 5 rings (SSSR count). The second kappa shape index (κ2) is 12.9. The molecule has 10 heteroatoms. The minimum atomic E-state index is -0.631. The van der Waals surface area contributed by atoms with Crippen LogP contribution in [0.1, 0.15) is 43.5 Å². The van der Waals surface area contributed by atoms with Crippen LogP contribution in [0, 0.1) is 5.82 Å². The van der Waals surface area contributed by atoms with Crippen molar-refractivity contribution < 1.29 is 23.4 Å². The van der Waals surface area contributed by atoms with Gasteiger partial charge in [0.05, 0.1) is 12.2 Å². The molecule has 1 aliphatic heterocycles. The molecular weight excluding hydrogens is 543 g/mol. The van der Waals surface area contributed by atoms with Gasteiger partial charge in [-0.05, 0) is 48.9 Å². The number of carbonyl (C=O) groups is 1. The smallest absolute Gasteiger partial charge is 0.338 e. The van der Waals surface area contributed by atoms with E-state index in [4.69, 9.17) is 19.3 Å². The van der Waals surface area contributed by atoms with E-state index in [2.05, 4.69) is 10.3 Å². The lowest BCUT2D eigenvalue weighted by Gasteiger charge is -2.28. The first-order valence-corrected chi connectivity index (χ1v) is 14.4. The third-order valence-corrected chi connectivity index (χ3v) is 7.18. The molecule has 3 aromatic carbocycles. The average Bonchev–Trinajstić information content (AvgIpc) is 3.38. The maximum Gasteiger partial charge on any atom is 0.338 e. The number of anilines is 1. The van der Waals surface area contributed by atoms with Crippen LogP contribution in [-0.4, -0.2) is 33.1 Å². The summed E-state index contributed by atoms with van der Waals surface area (Å²) >= 11 is 1.51. The lowest BCUT2D eigenvalue weighted by atomic mass is 9.95. The molecule has 1 aromatic heterocycles. The number of benzene rings is 3. The molecule has 1 N–H and O–H groups in total. The molecule has 2 heterocycles. The van der Waals surface area contributed by atoms with Crippen LogP contribution in [0.4, 0.5) is 10.3 Å². The predicted molar refractivity (Wildman–Crippen MR) is 155 cm³/mol. The van der Waals surface area contributed by atoms with E-state index in [0.29, 0.717) is 46.0 Å². The van der Waals surface area contributed by atoms with Crippen LogP contribution in [0.2, 0.25) is 0 Å². The van der Waals surface area contributed by atoms with Crippen molar-refractivity contribution in [2.45, 2.75) is 45.2 Å². The fourth-order valence-corrected chi connectivity index (χ4v) is 5.10. The molecule has 212 valence electrons. The third-order valence-electron chi connectivity index (χ3n) is 6.46. The van der Waals surface area contributed by atoms with E-state index >= 15 is 0 Å². The Morgan fingerprint density at radius 3 is 2.54 bits per heavy atom. The van der Waals surface area contributed by atoms with Crippen molar-refractivity contribution in [2.24, 2.45) is 0 Å². The molecule has 0 fully saturated rings. The van der Waals surface area contributed by atoms with E-state index in [1.807, 2.05) is 63.2 Å². The minimum absolute atomic E-state index is 0.0420. The molecule has 0 radical (unpaired) electrons. The van der Waals surface area contributed by atoms with E-state index < -0.39 is 12.0 Å². The summed E-state index contributed by atoms with van der Waals surface area (Å²) in [6.45, 7) is 6.29. The molecule has 1 aliphatic rings. The van der Waals surface area contributed by atoms with Gasteiger partial charge in [-0.15, -0.1) is 5.10 Å². The second-order valence-electron chi connectivity index (χ2n) is 9.24. The van der Waals surface area contributed by atoms with Gasteiger partial charge >= 0.3 is 5.97 Å². The van der Waals surface area contributed by atoms with Crippen molar-refractivity contribution in [3.05, 3.63) is 107 Å². The van der Waals surface area contributed by atoms with E-state index in [1.54, 1.807) is 28.9 Å². The third kappa shape index (κ3) is 6.38. The fraction of sp³-hybridized carbons (Fsp3) is 0.258. The van der Waals surface area contributed by atoms with Crippen molar-refractivity contribution >= 4 is 23.7 Å². The lowest BCUT2D eigenvalue weighted by molar-refractivity contribution is -0.140. The zero-order chi connectivity index (χ0) is 28.8. The largest absolute Gasteiger partial charge is 0.490 e.